The van der Waals surface area contributed by atoms with E-state index in [1.54, 1.807) is 30.3 Å². The predicted octanol–water partition coefficient (Wildman–Crippen LogP) is 3.54. The number of nitrogens with zero attached hydrogens (tertiary/aromatic N) is 2. The van der Waals surface area contributed by atoms with E-state index in [-0.39, 0.29) is 24.1 Å². The molecule has 0 saturated heterocycles. The number of benzene rings is 2. The Morgan fingerprint density at radius 3 is 2.59 bits per heavy atom. The third-order valence-corrected chi connectivity index (χ3v) is 4.69. The summed E-state index contributed by atoms with van der Waals surface area (Å²) in [7, 11) is 0. The molecule has 1 heterocycles. The Balaban J connectivity index is 2.13. The molecule has 1 aliphatic heterocycles. The molecule has 3 rings (SSSR count). The van der Waals surface area contributed by atoms with Crippen LogP contribution < -0.4 is 0 Å². The molecule has 0 bridgehead atoms. The highest BCUT2D eigenvalue weighted by molar-refractivity contribution is 6.03. The quantitative estimate of drug-likeness (QED) is 0.868. The molecule has 0 spiro atoms. The Morgan fingerprint density at radius 2 is 1.96 bits per heavy atom. The van der Waals surface area contributed by atoms with E-state index in [9.17, 15) is 23.1 Å². The number of hydrogen-bond donors (Lipinski definition) is 1. The molecule has 7 heteroatoms. The molecule has 2 aromatic carbocycles. The molecule has 0 fully saturated rings. The van der Waals surface area contributed by atoms with Crippen LogP contribution in [0.25, 0.3) is 0 Å². The molecule has 1 N–H and O–H groups in total. The van der Waals surface area contributed by atoms with Gasteiger partial charge in [0.15, 0.2) is 0 Å². The summed E-state index contributed by atoms with van der Waals surface area (Å²) >= 11 is 0. The van der Waals surface area contributed by atoms with Gasteiger partial charge in [0.05, 0.1) is 17.9 Å². The zero-order valence-corrected chi connectivity index (χ0v) is 14.7. The molecule has 1 amide bonds. The zero-order valence-electron chi connectivity index (χ0n) is 14.7. The topological polar surface area (TPSA) is 52.9 Å². The highest BCUT2D eigenvalue weighted by Gasteiger charge is 2.48. The van der Waals surface area contributed by atoms with Crippen LogP contribution in [0.2, 0.25) is 0 Å². The molecule has 0 radical (unpaired) electrons. The number of aliphatic hydroxyl groups excluding tert-OH is 1. The number of aliphatic hydroxyl groups is 1. The lowest BCUT2D eigenvalue weighted by molar-refractivity contribution is -0.135. The van der Waals surface area contributed by atoms with Gasteiger partial charge in [-0.05, 0) is 23.8 Å². The van der Waals surface area contributed by atoms with Gasteiger partial charge < -0.3 is 5.11 Å². The highest BCUT2D eigenvalue weighted by Crippen LogP contribution is 2.43. The first-order chi connectivity index (χ1) is 12.9. The van der Waals surface area contributed by atoms with Crippen molar-refractivity contribution in [2.45, 2.75) is 31.5 Å². The van der Waals surface area contributed by atoms with E-state index in [1.165, 1.54) is 6.92 Å². The van der Waals surface area contributed by atoms with Gasteiger partial charge >= 0.3 is 0 Å². The van der Waals surface area contributed by atoms with Crippen LogP contribution in [0.3, 0.4) is 0 Å². The maximum absolute atomic E-state index is 14.3. The van der Waals surface area contributed by atoms with E-state index < -0.39 is 35.9 Å². The molecule has 0 aromatic heterocycles. The Hall–Kier alpha value is -2.67. The summed E-state index contributed by atoms with van der Waals surface area (Å²) in [6.07, 6.45) is -1.84. The van der Waals surface area contributed by atoms with Crippen LogP contribution in [0.5, 0.6) is 0 Å². The van der Waals surface area contributed by atoms with Crippen molar-refractivity contribution in [2.75, 3.05) is 6.61 Å². The Morgan fingerprint density at radius 1 is 1.26 bits per heavy atom. The number of halogens is 3. The van der Waals surface area contributed by atoms with Crippen LogP contribution in [0.4, 0.5) is 13.2 Å². The standard InChI is InChI=1S/C20H19F3N2O2/c1-13(27)25-20(10-16(22)12-26,14-5-3-2-4-6-14)11-19(24-25)17-9-15(21)7-8-18(17)23/h2-9,16,26H,10-12H2,1H3/t16-,20-/m0/s1. The van der Waals surface area contributed by atoms with E-state index in [1.807, 2.05) is 0 Å². The van der Waals surface area contributed by atoms with Crippen molar-refractivity contribution in [3.8, 4) is 0 Å². The molecule has 27 heavy (non-hydrogen) atoms. The summed E-state index contributed by atoms with van der Waals surface area (Å²) < 4.78 is 42.2. The third kappa shape index (κ3) is 3.60. The molecular formula is C20H19F3N2O2. The smallest absolute Gasteiger partial charge is 0.240 e. The third-order valence-electron chi connectivity index (χ3n) is 4.69. The van der Waals surface area contributed by atoms with Gasteiger partial charge in [0, 0.05) is 25.3 Å². The number of amides is 1. The number of carbonyl (C=O) groups excluding carboxylic acids is 1. The molecule has 0 unspecified atom stereocenters. The van der Waals surface area contributed by atoms with Crippen LogP contribution in [-0.2, 0) is 10.3 Å². The monoisotopic (exact) mass is 376 g/mol. The second kappa shape index (κ2) is 7.52. The number of hydrogen-bond acceptors (Lipinski definition) is 3. The molecule has 142 valence electrons. The van der Waals surface area contributed by atoms with Crippen LogP contribution >= 0.6 is 0 Å². The van der Waals surface area contributed by atoms with Gasteiger partial charge in [-0.15, -0.1) is 0 Å². The van der Waals surface area contributed by atoms with Crippen molar-refractivity contribution < 1.29 is 23.1 Å². The molecule has 1 aliphatic rings. The van der Waals surface area contributed by atoms with Gasteiger partial charge in [0.1, 0.15) is 17.8 Å². The molecule has 0 aliphatic carbocycles. The van der Waals surface area contributed by atoms with Crippen molar-refractivity contribution in [2.24, 2.45) is 5.10 Å². The molecule has 4 nitrogen and oxygen atoms in total. The summed E-state index contributed by atoms with van der Waals surface area (Å²) in [6, 6.07) is 11.7. The fourth-order valence-electron chi connectivity index (χ4n) is 3.52. The van der Waals surface area contributed by atoms with Crippen molar-refractivity contribution in [3.63, 3.8) is 0 Å². The van der Waals surface area contributed by atoms with Gasteiger partial charge in [-0.25, -0.2) is 18.2 Å². The SMILES string of the molecule is CC(=O)N1N=C(c2cc(F)ccc2F)C[C@@]1(C[C@H](F)CO)c1ccccc1. The maximum atomic E-state index is 14.3. The number of rotatable bonds is 5. The van der Waals surface area contributed by atoms with Crippen molar-refractivity contribution >= 4 is 11.6 Å². The normalized spacial score (nSPS) is 20.5. The highest BCUT2D eigenvalue weighted by atomic mass is 19.1. The predicted molar refractivity (Wildman–Crippen MR) is 94.8 cm³/mol. The average Bonchev–Trinajstić information content (AvgIpc) is 3.05. The van der Waals surface area contributed by atoms with E-state index in [0.29, 0.717) is 5.56 Å². The van der Waals surface area contributed by atoms with Gasteiger partial charge in [-0.2, -0.15) is 5.10 Å². The first kappa shape index (κ1) is 19.1. The molecule has 0 saturated carbocycles. The Kier molecular flexibility index (Phi) is 5.32. The second-order valence-corrected chi connectivity index (χ2v) is 6.56. The van der Waals surface area contributed by atoms with Gasteiger partial charge in [-0.1, -0.05) is 30.3 Å². The van der Waals surface area contributed by atoms with Crippen LogP contribution in [0.1, 0.15) is 30.9 Å². The lowest BCUT2D eigenvalue weighted by Gasteiger charge is -2.37. The minimum atomic E-state index is -1.61. The lowest BCUT2D eigenvalue weighted by atomic mass is 9.80. The summed E-state index contributed by atoms with van der Waals surface area (Å²) in [5.41, 5.74) is -0.551. The lowest BCUT2D eigenvalue weighted by Crippen LogP contribution is -2.45. The van der Waals surface area contributed by atoms with Crippen LogP contribution in [0.15, 0.2) is 53.6 Å². The number of alkyl halides is 1. The van der Waals surface area contributed by atoms with Crippen molar-refractivity contribution in [1.82, 2.24) is 5.01 Å². The van der Waals surface area contributed by atoms with Gasteiger partial charge in [0.2, 0.25) is 5.91 Å². The molecule has 2 aromatic rings. The fraction of sp³-hybridized carbons (Fsp3) is 0.300. The number of hydrazone groups is 1. The molecular weight excluding hydrogens is 357 g/mol. The second-order valence-electron chi connectivity index (χ2n) is 6.56. The minimum absolute atomic E-state index is 0.00259. The summed E-state index contributed by atoms with van der Waals surface area (Å²) in [5.74, 6) is -1.78. The van der Waals surface area contributed by atoms with Crippen molar-refractivity contribution in [3.05, 3.63) is 71.3 Å². The summed E-state index contributed by atoms with van der Waals surface area (Å²) in [5, 5.41) is 14.6. The first-order valence-electron chi connectivity index (χ1n) is 8.51. The Labute approximate surface area is 154 Å². The Bertz CT molecular complexity index is 873. The number of carbonyl (C=O) groups is 1. The first-order valence-corrected chi connectivity index (χ1v) is 8.51. The zero-order chi connectivity index (χ0) is 19.6. The summed E-state index contributed by atoms with van der Waals surface area (Å²) in [6.45, 7) is 0.558. The summed E-state index contributed by atoms with van der Waals surface area (Å²) in [4.78, 5) is 12.3. The fourth-order valence-corrected chi connectivity index (χ4v) is 3.52. The molecule has 2 atom stereocenters. The van der Waals surface area contributed by atoms with E-state index >= 15 is 0 Å². The van der Waals surface area contributed by atoms with Crippen molar-refractivity contribution in [1.29, 1.82) is 0 Å². The largest absolute Gasteiger partial charge is 0.393 e. The average molecular weight is 376 g/mol. The van der Waals surface area contributed by atoms with E-state index in [4.69, 9.17) is 0 Å². The van der Waals surface area contributed by atoms with Crippen LogP contribution in [0, 0.1) is 11.6 Å². The maximum Gasteiger partial charge on any atom is 0.240 e. The van der Waals surface area contributed by atoms with E-state index in [2.05, 4.69) is 5.10 Å². The minimum Gasteiger partial charge on any atom is -0.393 e. The van der Waals surface area contributed by atoms with Crippen LogP contribution in [-0.4, -0.2) is 34.5 Å². The van der Waals surface area contributed by atoms with Gasteiger partial charge in [-0.3, -0.25) is 4.79 Å². The van der Waals surface area contributed by atoms with Gasteiger partial charge in [0.25, 0.3) is 0 Å². The van der Waals surface area contributed by atoms with E-state index in [0.717, 1.165) is 23.2 Å².